The average Bonchev–Trinajstić information content (AvgIpc) is 3.06. The van der Waals surface area contributed by atoms with Crippen molar-refractivity contribution in [1.29, 1.82) is 0 Å². The van der Waals surface area contributed by atoms with Crippen LogP contribution in [-0.2, 0) is 7.05 Å². The minimum Gasteiger partial charge on any atom is -0.320 e. The SMILES string of the molecule is Cc1ccc(Sc2cc(NC(=O)c3nn(C)cc3[N+](=O)[O-])cc([N+](=O)[O-])c2)cc1. The van der Waals surface area contributed by atoms with Crippen LogP contribution in [0.1, 0.15) is 16.1 Å². The summed E-state index contributed by atoms with van der Waals surface area (Å²) >= 11 is 1.29. The van der Waals surface area contributed by atoms with Gasteiger partial charge in [0.1, 0.15) is 6.20 Å². The molecule has 3 rings (SSSR count). The Bertz CT molecular complexity index is 1110. The summed E-state index contributed by atoms with van der Waals surface area (Å²) in [5.41, 5.74) is 0.173. The number of amides is 1. The van der Waals surface area contributed by atoms with Crippen LogP contribution in [-0.4, -0.2) is 25.5 Å². The van der Waals surface area contributed by atoms with Crippen LogP contribution in [0, 0.1) is 27.2 Å². The van der Waals surface area contributed by atoms with E-state index >= 15 is 0 Å². The van der Waals surface area contributed by atoms with Crippen molar-refractivity contribution in [2.24, 2.45) is 7.05 Å². The minimum absolute atomic E-state index is 0.138. The molecule has 0 aliphatic rings. The molecule has 0 aliphatic heterocycles. The Kier molecular flexibility index (Phi) is 5.59. The first-order valence-corrected chi connectivity index (χ1v) is 9.08. The molecule has 10 nitrogen and oxygen atoms in total. The predicted molar refractivity (Wildman–Crippen MR) is 106 cm³/mol. The number of hydrogen-bond donors (Lipinski definition) is 1. The van der Waals surface area contributed by atoms with Gasteiger partial charge in [-0.25, -0.2) is 0 Å². The summed E-state index contributed by atoms with van der Waals surface area (Å²) in [5, 5.41) is 28.6. The number of carbonyl (C=O) groups excluding carboxylic acids is 1. The number of rotatable bonds is 6. The van der Waals surface area contributed by atoms with Crippen LogP contribution in [0.3, 0.4) is 0 Å². The maximum absolute atomic E-state index is 12.5. The fourth-order valence-electron chi connectivity index (χ4n) is 2.52. The van der Waals surface area contributed by atoms with E-state index in [9.17, 15) is 25.0 Å². The highest BCUT2D eigenvalue weighted by atomic mass is 32.2. The summed E-state index contributed by atoms with van der Waals surface area (Å²) in [6.07, 6.45) is 1.11. The lowest BCUT2D eigenvalue weighted by Gasteiger charge is -2.07. The molecular formula is C18H15N5O5S. The van der Waals surface area contributed by atoms with Crippen LogP contribution < -0.4 is 5.32 Å². The van der Waals surface area contributed by atoms with Crippen LogP contribution in [0.2, 0.25) is 0 Å². The van der Waals surface area contributed by atoms with Crippen molar-refractivity contribution >= 4 is 34.7 Å². The molecule has 1 aromatic heterocycles. The van der Waals surface area contributed by atoms with Crippen molar-refractivity contribution in [2.75, 3.05) is 5.32 Å². The van der Waals surface area contributed by atoms with Gasteiger partial charge in [-0.2, -0.15) is 5.10 Å². The normalized spacial score (nSPS) is 10.6. The molecule has 11 heteroatoms. The summed E-state index contributed by atoms with van der Waals surface area (Å²) in [5.74, 6) is -0.830. The molecule has 3 aromatic rings. The number of benzene rings is 2. The van der Waals surface area contributed by atoms with Gasteiger partial charge in [0.15, 0.2) is 0 Å². The number of anilines is 1. The van der Waals surface area contributed by atoms with Crippen molar-refractivity contribution in [2.45, 2.75) is 16.7 Å². The summed E-state index contributed by atoms with van der Waals surface area (Å²) in [6.45, 7) is 1.95. The molecule has 29 heavy (non-hydrogen) atoms. The van der Waals surface area contributed by atoms with Gasteiger partial charge in [-0.15, -0.1) is 0 Å². The van der Waals surface area contributed by atoms with Gasteiger partial charge in [0, 0.05) is 34.7 Å². The second kappa shape index (κ2) is 8.10. The molecule has 0 atom stereocenters. The molecule has 0 saturated heterocycles. The fraction of sp³-hybridized carbons (Fsp3) is 0.111. The van der Waals surface area contributed by atoms with Crippen LogP contribution in [0.5, 0.6) is 0 Å². The number of nitrogens with one attached hydrogen (secondary N) is 1. The topological polar surface area (TPSA) is 133 Å². The molecule has 0 fully saturated rings. The summed E-state index contributed by atoms with van der Waals surface area (Å²) in [7, 11) is 1.45. The molecule has 0 radical (unpaired) electrons. The second-order valence-electron chi connectivity index (χ2n) is 6.14. The highest BCUT2D eigenvalue weighted by Gasteiger charge is 2.25. The highest BCUT2D eigenvalue weighted by Crippen LogP contribution is 2.33. The van der Waals surface area contributed by atoms with Gasteiger partial charge in [-0.3, -0.25) is 29.7 Å². The molecule has 1 N–H and O–H groups in total. The third-order valence-corrected chi connectivity index (χ3v) is 4.82. The molecule has 1 heterocycles. The first kappa shape index (κ1) is 20.0. The third-order valence-electron chi connectivity index (χ3n) is 3.84. The maximum atomic E-state index is 12.5. The zero-order valence-electron chi connectivity index (χ0n) is 15.4. The van der Waals surface area contributed by atoms with Crippen molar-refractivity contribution < 1.29 is 14.6 Å². The highest BCUT2D eigenvalue weighted by molar-refractivity contribution is 7.99. The van der Waals surface area contributed by atoms with Crippen LogP contribution in [0.25, 0.3) is 0 Å². The van der Waals surface area contributed by atoms with E-state index in [2.05, 4.69) is 10.4 Å². The lowest BCUT2D eigenvalue weighted by molar-refractivity contribution is -0.385. The molecule has 0 spiro atoms. The number of nitrogens with zero attached hydrogens (tertiary/aromatic N) is 4. The van der Waals surface area contributed by atoms with Gasteiger partial charge < -0.3 is 5.32 Å². The largest absolute Gasteiger partial charge is 0.320 e. The number of non-ortho nitro benzene ring substituents is 1. The van der Waals surface area contributed by atoms with Crippen LogP contribution in [0.4, 0.5) is 17.1 Å². The first-order chi connectivity index (χ1) is 13.7. The Labute approximate surface area is 168 Å². The number of carbonyl (C=O) groups is 1. The number of hydrogen-bond acceptors (Lipinski definition) is 7. The minimum atomic E-state index is -0.830. The maximum Gasteiger partial charge on any atom is 0.320 e. The third kappa shape index (κ3) is 4.76. The van der Waals surface area contributed by atoms with Crippen molar-refractivity contribution in [1.82, 2.24) is 9.78 Å². The fourth-order valence-corrected chi connectivity index (χ4v) is 3.43. The zero-order chi connectivity index (χ0) is 21.1. The van der Waals surface area contributed by atoms with Gasteiger partial charge >= 0.3 is 5.69 Å². The molecule has 0 unspecified atom stereocenters. The van der Waals surface area contributed by atoms with E-state index in [-0.39, 0.29) is 17.1 Å². The first-order valence-electron chi connectivity index (χ1n) is 8.26. The lowest BCUT2D eigenvalue weighted by atomic mass is 10.2. The number of nitro groups is 2. The average molecular weight is 413 g/mol. The molecule has 148 valence electrons. The van der Waals surface area contributed by atoms with Gasteiger partial charge in [-0.05, 0) is 25.1 Å². The van der Waals surface area contributed by atoms with Crippen molar-refractivity contribution in [3.8, 4) is 0 Å². The number of nitro benzene ring substituents is 1. The Morgan fingerprint density at radius 1 is 1.07 bits per heavy atom. The predicted octanol–water partition coefficient (Wildman–Crippen LogP) is 3.95. The Morgan fingerprint density at radius 2 is 1.76 bits per heavy atom. The van der Waals surface area contributed by atoms with Crippen molar-refractivity contribution in [3.63, 3.8) is 0 Å². The van der Waals surface area contributed by atoms with Crippen LogP contribution in [0.15, 0.2) is 58.5 Å². The monoisotopic (exact) mass is 413 g/mol. The molecule has 1 amide bonds. The van der Waals surface area contributed by atoms with E-state index in [1.807, 2.05) is 31.2 Å². The van der Waals surface area contributed by atoms with Gasteiger partial charge in [-0.1, -0.05) is 29.5 Å². The Hall–Kier alpha value is -3.73. The molecular weight excluding hydrogens is 398 g/mol. The van der Waals surface area contributed by atoms with Gasteiger partial charge in [0.2, 0.25) is 5.69 Å². The lowest BCUT2D eigenvalue weighted by Crippen LogP contribution is -2.14. The zero-order valence-corrected chi connectivity index (χ0v) is 16.2. The summed E-state index contributed by atoms with van der Waals surface area (Å²) in [6, 6.07) is 11.7. The van der Waals surface area contributed by atoms with Gasteiger partial charge in [0.05, 0.1) is 9.85 Å². The smallest absolute Gasteiger partial charge is 0.320 e. The van der Waals surface area contributed by atoms with Crippen molar-refractivity contribution in [3.05, 3.63) is 80.1 Å². The quantitative estimate of drug-likeness (QED) is 0.478. The Balaban J connectivity index is 1.91. The van der Waals surface area contributed by atoms with E-state index in [4.69, 9.17) is 0 Å². The summed E-state index contributed by atoms with van der Waals surface area (Å²) < 4.78 is 1.15. The Morgan fingerprint density at radius 3 is 2.38 bits per heavy atom. The number of aryl methyl sites for hydroxylation is 2. The van der Waals surface area contributed by atoms with Crippen LogP contribution >= 0.6 is 11.8 Å². The molecule has 0 aliphatic carbocycles. The van der Waals surface area contributed by atoms with E-state index in [0.29, 0.717) is 4.90 Å². The molecule has 0 saturated carbocycles. The van der Waals surface area contributed by atoms with E-state index < -0.39 is 21.4 Å². The second-order valence-corrected chi connectivity index (χ2v) is 7.28. The van der Waals surface area contributed by atoms with E-state index in [1.165, 1.54) is 30.9 Å². The van der Waals surface area contributed by atoms with E-state index in [0.717, 1.165) is 21.3 Å². The number of aromatic nitrogens is 2. The van der Waals surface area contributed by atoms with E-state index in [1.54, 1.807) is 6.07 Å². The molecule has 2 aromatic carbocycles. The molecule has 0 bridgehead atoms. The summed E-state index contributed by atoms with van der Waals surface area (Å²) in [4.78, 5) is 35.0. The standard InChI is InChI=1S/C18H15N5O5S/c1-11-3-5-14(6-4-11)29-15-8-12(7-13(9-15)22(25)26)19-18(24)17-16(23(27)28)10-21(2)20-17/h3-10H,1-2H3,(H,19,24). The van der Waals surface area contributed by atoms with Gasteiger partial charge in [0.25, 0.3) is 11.6 Å².